The molecule has 2 atom stereocenters. The van der Waals surface area contributed by atoms with Crippen LogP contribution in [0.5, 0.6) is 11.5 Å². The van der Waals surface area contributed by atoms with E-state index in [1.807, 2.05) is 13.8 Å². The molecule has 0 saturated heterocycles. The Hall–Kier alpha value is -1.55. The Kier molecular flexibility index (Phi) is 9.31. The molecule has 1 unspecified atom stereocenters. The minimum Gasteiger partial charge on any atom is -0.490 e. The van der Waals surface area contributed by atoms with Gasteiger partial charge in [-0.2, -0.15) is 4.72 Å². The predicted octanol–water partition coefficient (Wildman–Crippen LogP) is 1.05. The molecule has 0 spiro atoms. The topological polar surface area (TPSA) is 106 Å². The number of hydrogen-bond acceptors (Lipinski definition) is 6. The maximum absolute atomic E-state index is 12.6. The van der Waals surface area contributed by atoms with Crippen molar-refractivity contribution in [3.05, 3.63) is 18.2 Å². The van der Waals surface area contributed by atoms with Crippen LogP contribution in [-0.2, 0) is 14.8 Å². The first-order valence-corrected chi connectivity index (χ1v) is 10.2. The largest absolute Gasteiger partial charge is 0.490 e. The lowest BCUT2D eigenvalue weighted by Crippen LogP contribution is -2.48. The van der Waals surface area contributed by atoms with Crippen molar-refractivity contribution in [3.63, 3.8) is 0 Å². The molecular weight excluding hydrogens is 394 g/mol. The minimum atomic E-state index is -3.86. The van der Waals surface area contributed by atoms with Crippen LogP contribution in [0, 0.1) is 0 Å². The Morgan fingerprint density at radius 2 is 1.85 bits per heavy atom. The summed E-state index contributed by atoms with van der Waals surface area (Å²) in [5, 5.41) is 5.89. The van der Waals surface area contributed by atoms with Gasteiger partial charge in [0.15, 0.2) is 11.5 Å². The van der Waals surface area contributed by atoms with Crippen LogP contribution in [0.15, 0.2) is 23.1 Å². The summed E-state index contributed by atoms with van der Waals surface area (Å²) >= 11 is 0. The van der Waals surface area contributed by atoms with Crippen molar-refractivity contribution < 1.29 is 22.7 Å². The van der Waals surface area contributed by atoms with Gasteiger partial charge < -0.3 is 20.1 Å². The van der Waals surface area contributed by atoms with E-state index < -0.39 is 16.1 Å². The van der Waals surface area contributed by atoms with Crippen molar-refractivity contribution in [2.24, 2.45) is 0 Å². The van der Waals surface area contributed by atoms with Gasteiger partial charge in [-0.05, 0) is 32.5 Å². The number of hydrogen-bond donors (Lipinski definition) is 3. The Labute approximate surface area is 166 Å². The monoisotopic (exact) mass is 421 g/mol. The first-order chi connectivity index (χ1) is 12.3. The van der Waals surface area contributed by atoms with E-state index in [1.54, 1.807) is 6.07 Å². The average Bonchev–Trinajstić information content (AvgIpc) is 2.84. The molecule has 1 aromatic rings. The van der Waals surface area contributed by atoms with Crippen LogP contribution in [0.4, 0.5) is 0 Å². The third-order valence-electron chi connectivity index (χ3n) is 3.89. The lowest BCUT2D eigenvalue weighted by molar-refractivity contribution is -0.122. The number of benzene rings is 1. The molecule has 0 radical (unpaired) electrons. The van der Waals surface area contributed by atoms with E-state index in [0.29, 0.717) is 31.3 Å². The lowest BCUT2D eigenvalue weighted by Gasteiger charge is -2.17. The van der Waals surface area contributed by atoms with Crippen molar-refractivity contribution in [2.75, 3.05) is 26.3 Å². The van der Waals surface area contributed by atoms with Gasteiger partial charge in [-0.25, -0.2) is 8.42 Å². The quantitative estimate of drug-likeness (QED) is 0.579. The van der Waals surface area contributed by atoms with Gasteiger partial charge in [0.2, 0.25) is 15.9 Å². The second kappa shape index (κ2) is 10.7. The van der Waals surface area contributed by atoms with Crippen molar-refractivity contribution in [1.29, 1.82) is 0 Å². The lowest BCUT2D eigenvalue weighted by atomic mass is 10.3. The number of rotatable bonds is 8. The summed E-state index contributed by atoms with van der Waals surface area (Å²) in [4.78, 5) is 12.2. The summed E-state index contributed by atoms with van der Waals surface area (Å²) in [5.41, 5.74) is 0. The number of sulfonamides is 1. The van der Waals surface area contributed by atoms with Gasteiger partial charge in [0.1, 0.15) is 0 Å². The van der Waals surface area contributed by atoms with Crippen LogP contribution in [0.25, 0.3) is 0 Å². The van der Waals surface area contributed by atoms with Gasteiger partial charge in [-0.3, -0.25) is 4.79 Å². The summed E-state index contributed by atoms with van der Waals surface area (Å²) in [6.45, 7) is 7.63. The molecular formula is C17H28ClN3O5S. The van der Waals surface area contributed by atoms with Gasteiger partial charge in [0, 0.05) is 25.1 Å². The molecule has 0 saturated carbocycles. The maximum Gasteiger partial charge on any atom is 0.241 e. The fraction of sp³-hybridized carbons (Fsp3) is 0.588. The van der Waals surface area contributed by atoms with Crippen LogP contribution in [-0.4, -0.2) is 52.7 Å². The van der Waals surface area contributed by atoms with E-state index in [1.165, 1.54) is 19.1 Å². The molecule has 0 fully saturated rings. The second-order valence-corrected chi connectivity index (χ2v) is 7.92. The highest BCUT2D eigenvalue weighted by molar-refractivity contribution is 7.89. The number of halogens is 1. The number of ether oxygens (including phenoxy) is 2. The highest BCUT2D eigenvalue weighted by atomic mass is 35.5. The smallest absolute Gasteiger partial charge is 0.241 e. The van der Waals surface area contributed by atoms with E-state index in [-0.39, 0.29) is 29.3 Å². The molecule has 0 aromatic heterocycles. The van der Waals surface area contributed by atoms with E-state index in [0.717, 1.165) is 13.0 Å². The Morgan fingerprint density at radius 3 is 2.52 bits per heavy atom. The van der Waals surface area contributed by atoms with Gasteiger partial charge in [0.05, 0.1) is 24.2 Å². The normalized spacial score (nSPS) is 15.8. The molecule has 1 amide bonds. The van der Waals surface area contributed by atoms with Gasteiger partial charge in [-0.15, -0.1) is 12.4 Å². The standard InChI is InChI=1S/C17H27N3O5S.ClH/c1-4-18-12(2)11-19-17(21)13(3)20-26(22,23)14-6-7-15-16(10-14)25-9-5-8-24-15;/h6-7,10,12-13,18,20H,4-5,8-9,11H2,1-3H3,(H,19,21);1H/t12-,13?;/m1./s1. The molecule has 154 valence electrons. The summed E-state index contributed by atoms with van der Waals surface area (Å²) < 4.78 is 38.5. The van der Waals surface area contributed by atoms with Gasteiger partial charge in [0.25, 0.3) is 0 Å². The maximum atomic E-state index is 12.6. The van der Waals surface area contributed by atoms with Crippen LogP contribution in [0.3, 0.4) is 0 Å². The number of fused-ring (bicyclic) bond motifs is 1. The Bertz CT molecular complexity index is 729. The molecule has 8 nitrogen and oxygen atoms in total. The van der Waals surface area contributed by atoms with E-state index in [2.05, 4.69) is 15.4 Å². The average molecular weight is 422 g/mol. The summed E-state index contributed by atoms with van der Waals surface area (Å²) in [6.07, 6.45) is 0.734. The van der Waals surface area contributed by atoms with Crippen molar-refractivity contribution in [1.82, 2.24) is 15.4 Å². The van der Waals surface area contributed by atoms with Gasteiger partial charge in [-0.1, -0.05) is 6.92 Å². The number of nitrogens with one attached hydrogen (secondary N) is 3. The summed E-state index contributed by atoms with van der Waals surface area (Å²) in [6, 6.07) is 3.63. The molecule has 1 aliphatic rings. The SMILES string of the molecule is CCN[C@H](C)CNC(=O)C(C)NS(=O)(=O)c1ccc2c(c1)OCCCO2.Cl. The fourth-order valence-electron chi connectivity index (χ4n) is 2.49. The predicted molar refractivity (Wildman–Crippen MR) is 105 cm³/mol. The van der Waals surface area contributed by atoms with Crippen molar-refractivity contribution >= 4 is 28.3 Å². The van der Waals surface area contributed by atoms with Crippen LogP contribution < -0.4 is 24.8 Å². The molecule has 3 N–H and O–H groups in total. The van der Waals surface area contributed by atoms with E-state index in [9.17, 15) is 13.2 Å². The zero-order valence-electron chi connectivity index (χ0n) is 15.8. The highest BCUT2D eigenvalue weighted by Gasteiger charge is 2.24. The number of amides is 1. The third-order valence-corrected chi connectivity index (χ3v) is 5.43. The number of likely N-dealkylation sites (N-methyl/N-ethyl adjacent to an activating group) is 1. The molecule has 0 aliphatic carbocycles. The molecule has 10 heteroatoms. The minimum absolute atomic E-state index is 0. The molecule has 1 aromatic carbocycles. The molecule has 0 bridgehead atoms. The summed E-state index contributed by atoms with van der Waals surface area (Å²) in [7, 11) is -3.86. The van der Waals surface area contributed by atoms with Crippen LogP contribution in [0.1, 0.15) is 27.2 Å². The summed E-state index contributed by atoms with van der Waals surface area (Å²) in [5.74, 6) is 0.527. The Balaban J connectivity index is 0.00000364. The zero-order chi connectivity index (χ0) is 19.2. The number of carbonyl (C=O) groups is 1. The zero-order valence-corrected chi connectivity index (χ0v) is 17.4. The Morgan fingerprint density at radius 1 is 1.19 bits per heavy atom. The number of carbonyl (C=O) groups excluding carboxylic acids is 1. The molecule has 1 heterocycles. The highest BCUT2D eigenvalue weighted by Crippen LogP contribution is 2.31. The first-order valence-electron chi connectivity index (χ1n) is 8.76. The second-order valence-electron chi connectivity index (χ2n) is 6.21. The van der Waals surface area contributed by atoms with Crippen LogP contribution in [0.2, 0.25) is 0 Å². The first kappa shape index (κ1) is 23.5. The molecule has 27 heavy (non-hydrogen) atoms. The van der Waals surface area contributed by atoms with Crippen molar-refractivity contribution in [3.8, 4) is 11.5 Å². The van der Waals surface area contributed by atoms with Crippen LogP contribution >= 0.6 is 12.4 Å². The van der Waals surface area contributed by atoms with E-state index >= 15 is 0 Å². The third kappa shape index (κ3) is 6.84. The molecule has 1 aliphatic heterocycles. The van der Waals surface area contributed by atoms with E-state index in [4.69, 9.17) is 9.47 Å². The molecule has 2 rings (SSSR count). The van der Waals surface area contributed by atoms with Crippen molar-refractivity contribution in [2.45, 2.75) is 44.2 Å². The van der Waals surface area contributed by atoms with Gasteiger partial charge >= 0.3 is 0 Å². The fourth-order valence-corrected chi connectivity index (χ4v) is 3.71.